The lowest BCUT2D eigenvalue weighted by molar-refractivity contribution is -0.113. The highest BCUT2D eigenvalue weighted by Crippen LogP contribution is 2.41. The molecule has 2 aromatic heterocycles. The Hall–Kier alpha value is -2.07. The molecule has 0 unspecified atom stereocenters. The van der Waals surface area contributed by atoms with Crippen LogP contribution in [0.4, 0.5) is 10.9 Å². The van der Waals surface area contributed by atoms with Crippen LogP contribution in [0.1, 0.15) is 59.4 Å². The first-order valence-electron chi connectivity index (χ1n) is 10.7. The molecule has 10 heteroatoms. The Balaban J connectivity index is 1.44. The van der Waals surface area contributed by atoms with Crippen molar-refractivity contribution in [3.63, 3.8) is 0 Å². The SMILES string of the molecule is COC(=O)c1c(NC(=O)CSc2nnc(N3CCC(C)CC3)n2C2CC2)sc(C)c1C. The van der Waals surface area contributed by atoms with Crippen LogP contribution in [0.3, 0.4) is 0 Å². The lowest BCUT2D eigenvalue weighted by Crippen LogP contribution is -2.34. The van der Waals surface area contributed by atoms with Gasteiger partial charge in [-0.05, 0) is 51.0 Å². The largest absolute Gasteiger partial charge is 0.465 e. The fourth-order valence-corrected chi connectivity index (χ4v) is 5.67. The van der Waals surface area contributed by atoms with E-state index in [1.165, 1.54) is 43.1 Å². The minimum absolute atomic E-state index is 0.171. The van der Waals surface area contributed by atoms with Crippen molar-refractivity contribution >= 4 is 45.9 Å². The van der Waals surface area contributed by atoms with E-state index in [4.69, 9.17) is 4.74 Å². The van der Waals surface area contributed by atoms with Gasteiger partial charge < -0.3 is 15.0 Å². The Morgan fingerprint density at radius 2 is 1.90 bits per heavy atom. The van der Waals surface area contributed by atoms with Gasteiger partial charge >= 0.3 is 5.97 Å². The topological polar surface area (TPSA) is 89.3 Å². The average molecular weight is 464 g/mol. The van der Waals surface area contributed by atoms with Gasteiger partial charge in [0.05, 0.1) is 18.4 Å². The second-order valence-corrected chi connectivity index (χ2v) is 10.5. The second kappa shape index (κ2) is 9.20. The first kappa shape index (κ1) is 22.1. The molecule has 2 aromatic rings. The number of esters is 1. The van der Waals surface area contributed by atoms with Crippen molar-refractivity contribution in [1.29, 1.82) is 0 Å². The highest BCUT2D eigenvalue weighted by molar-refractivity contribution is 7.99. The average Bonchev–Trinajstić information content (AvgIpc) is 3.44. The van der Waals surface area contributed by atoms with Crippen molar-refractivity contribution in [2.24, 2.45) is 5.92 Å². The predicted octanol–water partition coefficient (Wildman–Crippen LogP) is 4.05. The molecule has 0 bridgehead atoms. The van der Waals surface area contributed by atoms with Crippen LogP contribution < -0.4 is 10.2 Å². The van der Waals surface area contributed by atoms with E-state index >= 15 is 0 Å². The Kier molecular flexibility index (Phi) is 6.57. The number of nitrogens with one attached hydrogen (secondary N) is 1. The van der Waals surface area contributed by atoms with Crippen LogP contribution in [0.15, 0.2) is 5.16 Å². The van der Waals surface area contributed by atoms with Crippen LogP contribution in [0, 0.1) is 19.8 Å². The van der Waals surface area contributed by atoms with Gasteiger partial charge in [0.2, 0.25) is 11.9 Å². The number of hydrogen-bond acceptors (Lipinski definition) is 8. The van der Waals surface area contributed by atoms with E-state index in [0.29, 0.717) is 16.6 Å². The van der Waals surface area contributed by atoms with Gasteiger partial charge in [0.25, 0.3) is 0 Å². The molecule has 3 heterocycles. The molecular formula is C21H29N5O3S2. The highest BCUT2D eigenvalue weighted by Gasteiger charge is 2.33. The molecule has 0 aromatic carbocycles. The minimum atomic E-state index is -0.432. The lowest BCUT2D eigenvalue weighted by atomic mass is 10.00. The number of aryl methyl sites for hydroxylation is 1. The van der Waals surface area contributed by atoms with E-state index in [0.717, 1.165) is 53.4 Å². The second-order valence-electron chi connectivity index (χ2n) is 8.37. The van der Waals surface area contributed by atoms with E-state index in [2.05, 4.69) is 31.9 Å². The van der Waals surface area contributed by atoms with Gasteiger partial charge in [-0.25, -0.2) is 4.79 Å². The summed E-state index contributed by atoms with van der Waals surface area (Å²) in [6.07, 6.45) is 4.60. The molecule has 1 N–H and O–H groups in total. The van der Waals surface area contributed by atoms with E-state index < -0.39 is 5.97 Å². The molecular weight excluding hydrogens is 434 g/mol. The third-order valence-corrected chi connectivity index (χ3v) is 8.05. The van der Waals surface area contributed by atoms with E-state index in [9.17, 15) is 9.59 Å². The summed E-state index contributed by atoms with van der Waals surface area (Å²) in [5, 5.41) is 13.1. The van der Waals surface area contributed by atoms with Crippen LogP contribution in [-0.2, 0) is 9.53 Å². The molecule has 2 fully saturated rings. The van der Waals surface area contributed by atoms with Crippen molar-refractivity contribution < 1.29 is 14.3 Å². The van der Waals surface area contributed by atoms with Crippen molar-refractivity contribution in [2.75, 3.05) is 36.2 Å². The van der Waals surface area contributed by atoms with Crippen molar-refractivity contribution in [2.45, 2.75) is 57.7 Å². The van der Waals surface area contributed by atoms with Crippen molar-refractivity contribution in [1.82, 2.24) is 14.8 Å². The molecule has 2 aliphatic rings. The molecule has 1 aliphatic carbocycles. The number of nitrogens with zero attached hydrogens (tertiary/aromatic N) is 4. The molecule has 168 valence electrons. The van der Waals surface area contributed by atoms with Gasteiger partial charge in [-0.1, -0.05) is 18.7 Å². The number of rotatable bonds is 7. The van der Waals surface area contributed by atoms with E-state index in [1.54, 1.807) is 0 Å². The van der Waals surface area contributed by atoms with Gasteiger partial charge in [0.1, 0.15) is 5.00 Å². The molecule has 1 saturated heterocycles. The number of thiophene rings is 1. The Morgan fingerprint density at radius 1 is 1.19 bits per heavy atom. The third-order valence-electron chi connectivity index (χ3n) is 5.99. The zero-order valence-electron chi connectivity index (χ0n) is 18.4. The quantitative estimate of drug-likeness (QED) is 0.489. The number of carbonyl (C=O) groups excluding carboxylic acids is 2. The van der Waals surface area contributed by atoms with Crippen molar-refractivity contribution in [3.05, 3.63) is 16.0 Å². The zero-order valence-corrected chi connectivity index (χ0v) is 20.1. The predicted molar refractivity (Wildman–Crippen MR) is 123 cm³/mol. The number of thioether (sulfide) groups is 1. The molecule has 4 rings (SSSR count). The number of hydrogen-bond donors (Lipinski definition) is 1. The molecule has 31 heavy (non-hydrogen) atoms. The van der Waals surface area contributed by atoms with Crippen LogP contribution in [0.5, 0.6) is 0 Å². The Bertz CT molecular complexity index is 974. The third kappa shape index (κ3) is 4.74. The lowest BCUT2D eigenvalue weighted by Gasteiger charge is -2.31. The maximum atomic E-state index is 12.7. The number of aromatic nitrogens is 3. The summed E-state index contributed by atoms with van der Waals surface area (Å²) < 4.78 is 7.10. The summed E-state index contributed by atoms with van der Waals surface area (Å²) >= 11 is 2.79. The van der Waals surface area contributed by atoms with Crippen LogP contribution in [-0.4, -0.2) is 52.6 Å². The molecule has 1 amide bonds. The number of anilines is 2. The van der Waals surface area contributed by atoms with Crippen LogP contribution in [0.2, 0.25) is 0 Å². The molecule has 0 radical (unpaired) electrons. The maximum absolute atomic E-state index is 12.7. The molecule has 1 saturated carbocycles. The Morgan fingerprint density at radius 3 is 2.55 bits per heavy atom. The maximum Gasteiger partial charge on any atom is 0.341 e. The van der Waals surface area contributed by atoms with E-state index in [-0.39, 0.29) is 11.7 Å². The number of ether oxygens (including phenoxy) is 1. The first-order chi connectivity index (χ1) is 14.9. The van der Waals surface area contributed by atoms with Gasteiger partial charge in [-0.15, -0.1) is 21.5 Å². The van der Waals surface area contributed by atoms with Gasteiger partial charge in [-0.2, -0.15) is 0 Å². The monoisotopic (exact) mass is 463 g/mol. The minimum Gasteiger partial charge on any atom is -0.465 e. The Labute approximate surface area is 190 Å². The summed E-state index contributed by atoms with van der Waals surface area (Å²) in [6, 6.07) is 0.434. The fourth-order valence-electron chi connectivity index (χ4n) is 3.80. The number of methoxy groups -OCH3 is 1. The van der Waals surface area contributed by atoms with Gasteiger partial charge in [0, 0.05) is 24.0 Å². The summed E-state index contributed by atoms with van der Waals surface area (Å²) in [7, 11) is 1.35. The van der Waals surface area contributed by atoms with Crippen LogP contribution in [0.25, 0.3) is 0 Å². The standard InChI is InChI=1S/C21H29N5O3S2/c1-12-7-9-25(10-8-12)20-23-24-21(26(20)15-5-6-15)30-11-16(27)22-18-17(19(28)29-4)13(2)14(3)31-18/h12,15H,5-11H2,1-4H3,(H,22,27). The summed E-state index contributed by atoms with van der Waals surface area (Å²) in [6.45, 7) is 8.10. The van der Waals surface area contributed by atoms with Gasteiger partial charge in [0.15, 0.2) is 5.16 Å². The van der Waals surface area contributed by atoms with Gasteiger partial charge in [-0.3, -0.25) is 9.36 Å². The van der Waals surface area contributed by atoms with Crippen LogP contribution >= 0.6 is 23.1 Å². The molecule has 1 aliphatic heterocycles. The highest BCUT2D eigenvalue weighted by atomic mass is 32.2. The van der Waals surface area contributed by atoms with E-state index in [1.807, 2.05) is 13.8 Å². The summed E-state index contributed by atoms with van der Waals surface area (Å²) in [5.74, 6) is 1.30. The fraction of sp³-hybridized carbons (Fsp3) is 0.619. The first-order valence-corrected chi connectivity index (χ1v) is 12.5. The molecule has 0 atom stereocenters. The van der Waals surface area contributed by atoms with Crippen molar-refractivity contribution in [3.8, 4) is 0 Å². The molecule has 8 nitrogen and oxygen atoms in total. The number of amides is 1. The summed E-state index contributed by atoms with van der Waals surface area (Å²) in [4.78, 5) is 28.1. The molecule has 0 spiro atoms. The zero-order chi connectivity index (χ0) is 22.1. The summed E-state index contributed by atoms with van der Waals surface area (Å²) in [5.41, 5.74) is 1.28. The number of carbonyl (C=O) groups is 2. The smallest absolute Gasteiger partial charge is 0.341 e. The number of piperidine rings is 1. The normalized spacial score (nSPS) is 17.1.